The van der Waals surface area contributed by atoms with Crippen molar-refractivity contribution in [3.8, 4) is 16.9 Å². The van der Waals surface area contributed by atoms with Crippen molar-refractivity contribution in [3.63, 3.8) is 0 Å². The topological polar surface area (TPSA) is 52.6 Å². The molecule has 3 aromatic rings. The standard InChI is InChI=1S/C32H38O4S/c1-3-5-7-8-10-24-37-30-21-17-26(18-22-30)25-11-13-28(14-12-25)32(34)36-29-19-15-27(16-20-29)31(33)35-23-9-6-4-2/h11-22H,3-10,23-24H2,1-2H3. The van der Waals surface area contributed by atoms with E-state index in [9.17, 15) is 9.59 Å². The summed E-state index contributed by atoms with van der Waals surface area (Å²) in [6, 6.07) is 22.5. The third kappa shape index (κ3) is 9.73. The molecule has 3 aromatic carbocycles. The summed E-state index contributed by atoms with van der Waals surface area (Å²) in [6.45, 7) is 4.76. The molecule has 3 rings (SSSR count). The van der Waals surface area contributed by atoms with E-state index in [0.29, 0.717) is 23.5 Å². The number of hydrogen-bond donors (Lipinski definition) is 0. The Morgan fingerprint density at radius 1 is 0.622 bits per heavy atom. The van der Waals surface area contributed by atoms with Gasteiger partial charge in [-0.2, -0.15) is 0 Å². The van der Waals surface area contributed by atoms with E-state index < -0.39 is 5.97 Å². The molecule has 0 heterocycles. The quantitative estimate of drug-likeness (QED) is 0.0869. The van der Waals surface area contributed by atoms with Crippen LogP contribution < -0.4 is 4.74 Å². The lowest BCUT2D eigenvalue weighted by Crippen LogP contribution is -2.09. The summed E-state index contributed by atoms with van der Waals surface area (Å²) in [4.78, 5) is 26.0. The van der Waals surface area contributed by atoms with Crippen molar-refractivity contribution in [1.29, 1.82) is 0 Å². The molecule has 4 nitrogen and oxygen atoms in total. The summed E-state index contributed by atoms with van der Waals surface area (Å²) >= 11 is 1.91. The molecule has 0 aliphatic heterocycles. The van der Waals surface area contributed by atoms with Crippen LogP contribution in [0.25, 0.3) is 11.1 Å². The zero-order valence-corrected chi connectivity index (χ0v) is 22.9. The van der Waals surface area contributed by atoms with Crippen molar-refractivity contribution in [1.82, 2.24) is 0 Å². The highest BCUT2D eigenvalue weighted by Gasteiger charge is 2.11. The van der Waals surface area contributed by atoms with Crippen molar-refractivity contribution < 1.29 is 19.1 Å². The maximum absolute atomic E-state index is 12.6. The molecule has 0 aromatic heterocycles. The smallest absolute Gasteiger partial charge is 0.343 e. The Balaban J connectivity index is 1.48. The largest absolute Gasteiger partial charge is 0.462 e. The van der Waals surface area contributed by atoms with Crippen LogP contribution in [0.15, 0.2) is 77.7 Å². The van der Waals surface area contributed by atoms with Gasteiger partial charge in [-0.15, -0.1) is 11.8 Å². The molecule has 0 aliphatic rings. The van der Waals surface area contributed by atoms with Crippen molar-refractivity contribution in [2.75, 3.05) is 12.4 Å². The van der Waals surface area contributed by atoms with E-state index in [1.807, 2.05) is 23.9 Å². The van der Waals surface area contributed by atoms with Gasteiger partial charge in [0, 0.05) is 4.90 Å². The molecule has 37 heavy (non-hydrogen) atoms. The van der Waals surface area contributed by atoms with Gasteiger partial charge in [0.25, 0.3) is 0 Å². The molecule has 0 radical (unpaired) electrons. The van der Waals surface area contributed by atoms with Crippen LogP contribution in [-0.4, -0.2) is 24.3 Å². The van der Waals surface area contributed by atoms with Crippen LogP contribution >= 0.6 is 11.8 Å². The minimum Gasteiger partial charge on any atom is -0.462 e. The predicted octanol–water partition coefficient (Wildman–Crippen LogP) is 8.98. The lowest BCUT2D eigenvalue weighted by atomic mass is 10.0. The van der Waals surface area contributed by atoms with E-state index in [1.165, 1.54) is 37.0 Å². The third-order valence-electron chi connectivity index (χ3n) is 6.11. The highest BCUT2D eigenvalue weighted by Crippen LogP contribution is 2.26. The first-order chi connectivity index (χ1) is 18.1. The molecule has 5 heteroatoms. The Morgan fingerprint density at radius 2 is 1.16 bits per heavy atom. The first-order valence-electron chi connectivity index (χ1n) is 13.4. The van der Waals surface area contributed by atoms with Crippen LogP contribution in [0.3, 0.4) is 0 Å². The number of unbranched alkanes of at least 4 members (excludes halogenated alkanes) is 6. The van der Waals surface area contributed by atoms with Gasteiger partial charge in [-0.3, -0.25) is 0 Å². The lowest BCUT2D eigenvalue weighted by molar-refractivity contribution is 0.0498. The van der Waals surface area contributed by atoms with Crippen molar-refractivity contribution in [3.05, 3.63) is 83.9 Å². The Bertz CT molecular complexity index is 1090. The minimum absolute atomic E-state index is 0.362. The lowest BCUT2D eigenvalue weighted by Gasteiger charge is -2.08. The van der Waals surface area contributed by atoms with E-state index in [2.05, 4.69) is 38.1 Å². The van der Waals surface area contributed by atoms with Gasteiger partial charge in [0.15, 0.2) is 0 Å². The molecule has 0 unspecified atom stereocenters. The van der Waals surface area contributed by atoms with Gasteiger partial charge in [0.1, 0.15) is 5.75 Å². The van der Waals surface area contributed by atoms with Gasteiger partial charge in [0.2, 0.25) is 0 Å². The van der Waals surface area contributed by atoms with Crippen molar-refractivity contribution in [2.24, 2.45) is 0 Å². The summed E-state index contributed by atoms with van der Waals surface area (Å²) in [7, 11) is 0. The maximum atomic E-state index is 12.6. The average molecular weight is 519 g/mol. The van der Waals surface area contributed by atoms with Crippen LogP contribution in [0, 0.1) is 0 Å². The molecule has 0 amide bonds. The molecule has 0 aliphatic carbocycles. The zero-order valence-electron chi connectivity index (χ0n) is 22.0. The molecule has 0 saturated carbocycles. The molecule has 0 saturated heterocycles. The fourth-order valence-corrected chi connectivity index (χ4v) is 4.78. The molecule has 0 bridgehead atoms. The number of thioether (sulfide) groups is 1. The van der Waals surface area contributed by atoms with Crippen LogP contribution in [0.2, 0.25) is 0 Å². The third-order valence-corrected chi connectivity index (χ3v) is 7.20. The molecule has 0 atom stereocenters. The molecule has 0 spiro atoms. The second-order valence-electron chi connectivity index (χ2n) is 9.12. The summed E-state index contributed by atoms with van der Waals surface area (Å²) in [5.41, 5.74) is 3.08. The highest BCUT2D eigenvalue weighted by molar-refractivity contribution is 7.99. The van der Waals surface area contributed by atoms with E-state index in [1.54, 1.807) is 36.4 Å². The van der Waals surface area contributed by atoms with Crippen molar-refractivity contribution in [2.45, 2.75) is 70.1 Å². The van der Waals surface area contributed by atoms with Gasteiger partial charge in [0.05, 0.1) is 17.7 Å². The van der Waals surface area contributed by atoms with E-state index in [0.717, 1.165) is 36.1 Å². The summed E-state index contributed by atoms with van der Waals surface area (Å²) in [6.07, 6.45) is 9.50. The van der Waals surface area contributed by atoms with Crippen molar-refractivity contribution >= 4 is 23.7 Å². The van der Waals surface area contributed by atoms with Gasteiger partial charge in [-0.1, -0.05) is 76.6 Å². The molecule has 0 N–H and O–H groups in total. The molecule has 196 valence electrons. The van der Waals surface area contributed by atoms with E-state index in [4.69, 9.17) is 9.47 Å². The average Bonchev–Trinajstić information content (AvgIpc) is 2.94. The normalized spacial score (nSPS) is 10.8. The van der Waals surface area contributed by atoms with Crippen LogP contribution in [0.1, 0.15) is 85.9 Å². The second-order valence-corrected chi connectivity index (χ2v) is 10.3. The number of hydrogen-bond acceptors (Lipinski definition) is 5. The zero-order chi connectivity index (χ0) is 26.3. The summed E-state index contributed by atoms with van der Waals surface area (Å²) in [5.74, 6) is 0.743. The number of ether oxygens (including phenoxy) is 2. The Morgan fingerprint density at radius 3 is 1.81 bits per heavy atom. The number of carbonyl (C=O) groups excluding carboxylic acids is 2. The Labute approximate surface area is 225 Å². The second kappa shape index (κ2) is 15.9. The number of carbonyl (C=O) groups is 2. The van der Waals surface area contributed by atoms with E-state index in [-0.39, 0.29) is 5.97 Å². The van der Waals surface area contributed by atoms with E-state index >= 15 is 0 Å². The summed E-state index contributed by atoms with van der Waals surface area (Å²) < 4.78 is 10.7. The molecular weight excluding hydrogens is 480 g/mol. The predicted molar refractivity (Wildman–Crippen MR) is 153 cm³/mol. The van der Waals surface area contributed by atoms with Gasteiger partial charge in [-0.25, -0.2) is 9.59 Å². The summed E-state index contributed by atoms with van der Waals surface area (Å²) in [5, 5.41) is 0. The minimum atomic E-state index is -0.438. The molecular formula is C32H38O4S. The van der Waals surface area contributed by atoms with Crippen LogP contribution in [0.4, 0.5) is 0 Å². The highest BCUT2D eigenvalue weighted by atomic mass is 32.2. The first kappa shape index (κ1) is 28.5. The monoisotopic (exact) mass is 518 g/mol. The van der Waals surface area contributed by atoms with Crippen LogP contribution in [-0.2, 0) is 4.74 Å². The fraction of sp³-hybridized carbons (Fsp3) is 0.375. The molecule has 0 fully saturated rings. The van der Waals surface area contributed by atoms with Gasteiger partial charge in [-0.05, 0) is 78.3 Å². The Kier molecular flexibility index (Phi) is 12.3. The SMILES string of the molecule is CCCCCCCSc1ccc(-c2ccc(C(=O)Oc3ccc(C(=O)OCCCCC)cc3)cc2)cc1. The maximum Gasteiger partial charge on any atom is 0.343 e. The number of benzene rings is 3. The van der Waals surface area contributed by atoms with Crippen LogP contribution in [0.5, 0.6) is 5.75 Å². The van der Waals surface area contributed by atoms with Gasteiger partial charge < -0.3 is 9.47 Å². The van der Waals surface area contributed by atoms with Gasteiger partial charge >= 0.3 is 11.9 Å². The Hall–Kier alpha value is -3.05. The number of rotatable bonds is 15. The number of esters is 2. The fourth-order valence-electron chi connectivity index (χ4n) is 3.86. The first-order valence-corrected chi connectivity index (χ1v) is 14.4.